The van der Waals surface area contributed by atoms with Crippen LogP contribution in [0.25, 0.3) is 0 Å². The van der Waals surface area contributed by atoms with Crippen LogP contribution in [0.3, 0.4) is 0 Å². The lowest BCUT2D eigenvalue weighted by molar-refractivity contribution is 0.0981. The van der Waals surface area contributed by atoms with Gasteiger partial charge in [-0.3, -0.25) is 0 Å². The van der Waals surface area contributed by atoms with Gasteiger partial charge in [-0.1, -0.05) is 22.0 Å². The first-order valence-corrected chi connectivity index (χ1v) is 7.93. The molecule has 1 aliphatic rings. The molecule has 3 nitrogen and oxygen atoms in total. The van der Waals surface area contributed by atoms with Crippen LogP contribution in [0.1, 0.15) is 31.2 Å². The van der Waals surface area contributed by atoms with Crippen LogP contribution >= 0.6 is 15.9 Å². The van der Waals surface area contributed by atoms with E-state index in [1.165, 1.54) is 12.8 Å². The third-order valence-electron chi connectivity index (χ3n) is 3.37. The van der Waals surface area contributed by atoms with Crippen molar-refractivity contribution in [3.63, 3.8) is 0 Å². The molecular formula is C15H21BrO3. The molecule has 0 aliphatic carbocycles. The van der Waals surface area contributed by atoms with Crippen molar-refractivity contribution in [2.24, 2.45) is 0 Å². The fraction of sp³-hybridized carbons (Fsp3) is 0.600. The Morgan fingerprint density at radius 1 is 1.42 bits per heavy atom. The van der Waals surface area contributed by atoms with Crippen molar-refractivity contribution in [2.45, 2.75) is 37.1 Å². The van der Waals surface area contributed by atoms with Gasteiger partial charge in [0.1, 0.15) is 11.5 Å². The number of methoxy groups -OCH3 is 1. The molecule has 1 saturated heterocycles. The standard InChI is InChI=1S/C15H21BrO3/c1-17-14-7-6-12(11-16)15(10-14)19-9-3-5-13-4-2-8-18-13/h6-7,10,13H,2-5,8-9,11H2,1H3. The van der Waals surface area contributed by atoms with Gasteiger partial charge in [-0.15, -0.1) is 0 Å². The van der Waals surface area contributed by atoms with Gasteiger partial charge in [0, 0.05) is 23.6 Å². The summed E-state index contributed by atoms with van der Waals surface area (Å²) in [7, 11) is 1.67. The molecule has 0 N–H and O–H groups in total. The molecule has 1 aliphatic heterocycles. The van der Waals surface area contributed by atoms with E-state index in [0.29, 0.717) is 6.10 Å². The molecule has 1 heterocycles. The van der Waals surface area contributed by atoms with Gasteiger partial charge in [-0.25, -0.2) is 0 Å². The molecule has 0 amide bonds. The van der Waals surface area contributed by atoms with Crippen molar-refractivity contribution in [3.8, 4) is 11.5 Å². The zero-order valence-electron chi connectivity index (χ0n) is 11.4. The van der Waals surface area contributed by atoms with E-state index < -0.39 is 0 Å². The highest BCUT2D eigenvalue weighted by Crippen LogP contribution is 2.27. The Bertz CT molecular complexity index is 389. The lowest BCUT2D eigenvalue weighted by Gasteiger charge is -2.13. The first-order chi connectivity index (χ1) is 9.33. The van der Waals surface area contributed by atoms with Crippen LogP contribution in [0.5, 0.6) is 11.5 Å². The van der Waals surface area contributed by atoms with Crippen LogP contribution in [0.4, 0.5) is 0 Å². The van der Waals surface area contributed by atoms with E-state index in [0.717, 1.165) is 48.4 Å². The molecule has 0 radical (unpaired) electrons. The molecule has 0 spiro atoms. The maximum atomic E-state index is 5.86. The number of ether oxygens (including phenoxy) is 3. The number of alkyl halides is 1. The van der Waals surface area contributed by atoms with E-state index in [-0.39, 0.29) is 0 Å². The maximum Gasteiger partial charge on any atom is 0.127 e. The predicted octanol–water partition coefficient (Wildman–Crippen LogP) is 3.93. The Kier molecular flexibility index (Phi) is 5.98. The Hall–Kier alpha value is -0.740. The van der Waals surface area contributed by atoms with E-state index >= 15 is 0 Å². The minimum absolute atomic E-state index is 0.449. The molecule has 1 fully saturated rings. The summed E-state index contributed by atoms with van der Waals surface area (Å²) in [4.78, 5) is 0. The summed E-state index contributed by atoms with van der Waals surface area (Å²) in [6.07, 6.45) is 4.97. The normalized spacial score (nSPS) is 18.5. The quantitative estimate of drug-likeness (QED) is 0.560. The molecule has 1 aromatic rings. The van der Waals surface area contributed by atoms with Gasteiger partial charge < -0.3 is 14.2 Å². The average Bonchev–Trinajstić information content (AvgIpc) is 2.96. The van der Waals surface area contributed by atoms with Crippen LogP contribution in [-0.4, -0.2) is 26.4 Å². The van der Waals surface area contributed by atoms with Gasteiger partial charge in [0.25, 0.3) is 0 Å². The van der Waals surface area contributed by atoms with Crippen LogP contribution in [0, 0.1) is 0 Å². The summed E-state index contributed by atoms with van der Waals surface area (Å²) in [5.74, 6) is 1.74. The number of halogens is 1. The van der Waals surface area contributed by atoms with Crippen LogP contribution in [-0.2, 0) is 10.1 Å². The van der Waals surface area contributed by atoms with Crippen molar-refractivity contribution in [2.75, 3.05) is 20.3 Å². The lowest BCUT2D eigenvalue weighted by atomic mass is 10.1. The van der Waals surface area contributed by atoms with Crippen molar-refractivity contribution in [1.82, 2.24) is 0 Å². The Labute approximate surface area is 123 Å². The van der Waals surface area contributed by atoms with Gasteiger partial charge >= 0.3 is 0 Å². The topological polar surface area (TPSA) is 27.7 Å². The van der Waals surface area contributed by atoms with Gasteiger partial charge in [0.2, 0.25) is 0 Å². The highest BCUT2D eigenvalue weighted by atomic mass is 79.9. The maximum absolute atomic E-state index is 5.86. The summed E-state index contributed by atoms with van der Waals surface area (Å²) in [5, 5.41) is 0.790. The monoisotopic (exact) mass is 328 g/mol. The summed E-state index contributed by atoms with van der Waals surface area (Å²) >= 11 is 3.48. The zero-order chi connectivity index (χ0) is 13.5. The first kappa shape index (κ1) is 14.7. The minimum Gasteiger partial charge on any atom is -0.497 e. The third-order valence-corrected chi connectivity index (χ3v) is 3.97. The second-order valence-corrected chi connectivity index (χ2v) is 5.29. The molecule has 0 saturated carbocycles. The molecule has 1 aromatic carbocycles. The Balaban J connectivity index is 1.80. The summed E-state index contributed by atoms with van der Waals surface area (Å²) < 4.78 is 16.7. The lowest BCUT2D eigenvalue weighted by Crippen LogP contribution is -2.08. The number of hydrogen-bond donors (Lipinski definition) is 0. The van der Waals surface area contributed by atoms with E-state index in [4.69, 9.17) is 14.2 Å². The van der Waals surface area contributed by atoms with E-state index in [1.54, 1.807) is 7.11 Å². The van der Waals surface area contributed by atoms with E-state index in [9.17, 15) is 0 Å². The van der Waals surface area contributed by atoms with Crippen LogP contribution < -0.4 is 9.47 Å². The van der Waals surface area contributed by atoms with E-state index in [1.807, 2.05) is 18.2 Å². The van der Waals surface area contributed by atoms with Crippen molar-refractivity contribution >= 4 is 15.9 Å². The molecule has 4 heteroatoms. The number of rotatable bonds is 7. The second kappa shape index (κ2) is 7.75. The van der Waals surface area contributed by atoms with Crippen molar-refractivity contribution < 1.29 is 14.2 Å². The zero-order valence-corrected chi connectivity index (χ0v) is 12.9. The largest absolute Gasteiger partial charge is 0.497 e. The predicted molar refractivity (Wildman–Crippen MR) is 79.3 cm³/mol. The molecule has 2 rings (SSSR count). The van der Waals surface area contributed by atoms with Crippen molar-refractivity contribution in [3.05, 3.63) is 23.8 Å². The number of hydrogen-bond acceptors (Lipinski definition) is 3. The SMILES string of the molecule is COc1ccc(CBr)c(OCCCC2CCCO2)c1. The van der Waals surface area contributed by atoms with Crippen LogP contribution in [0.2, 0.25) is 0 Å². The van der Waals surface area contributed by atoms with Crippen molar-refractivity contribution in [1.29, 1.82) is 0 Å². The second-order valence-electron chi connectivity index (χ2n) is 4.73. The fourth-order valence-corrected chi connectivity index (χ4v) is 2.73. The van der Waals surface area contributed by atoms with Gasteiger partial charge in [-0.05, 0) is 31.7 Å². The summed E-state index contributed by atoms with van der Waals surface area (Å²) in [6, 6.07) is 5.93. The molecule has 1 unspecified atom stereocenters. The molecule has 0 bridgehead atoms. The highest BCUT2D eigenvalue weighted by molar-refractivity contribution is 9.08. The molecule has 1 atom stereocenters. The van der Waals surface area contributed by atoms with E-state index in [2.05, 4.69) is 15.9 Å². The Morgan fingerprint density at radius 3 is 3.00 bits per heavy atom. The molecular weight excluding hydrogens is 308 g/mol. The van der Waals surface area contributed by atoms with Crippen LogP contribution in [0.15, 0.2) is 18.2 Å². The smallest absolute Gasteiger partial charge is 0.127 e. The molecule has 19 heavy (non-hydrogen) atoms. The summed E-state index contributed by atoms with van der Waals surface area (Å²) in [6.45, 7) is 1.65. The molecule has 0 aromatic heterocycles. The third kappa shape index (κ3) is 4.39. The Morgan fingerprint density at radius 2 is 2.32 bits per heavy atom. The fourth-order valence-electron chi connectivity index (χ4n) is 2.27. The minimum atomic E-state index is 0.449. The molecule has 106 valence electrons. The first-order valence-electron chi connectivity index (χ1n) is 6.80. The number of benzene rings is 1. The average molecular weight is 329 g/mol. The van der Waals surface area contributed by atoms with Gasteiger partial charge in [0.15, 0.2) is 0 Å². The van der Waals surface area contributed by atoms with Gasteiger partial charge in [-0.2, -0.15) is 0 Å². The summed E-state index contributed by atoms with van der Waals surface area (Å²) in [5.41, 5.74) is 1.15. The van der Waals surface area contributed by atoms with Gasteiger partial charge in [0.05, 0.1) is 19.8 Å². The highest BCUT2D eigenvalue weighted by Gasteiger charge is 2.14.